The number of ether oxygens (including phenoxy) is 1. The quantitative estimate of drug-likeness (QED) is 0.447. The van der Waals surface area contributed by atoms with Crippen molar-refractivity contribution in [2.24, 2.45) is 0 Å². The van der Waals surface area contributed by atoms with Crippen molar-refractivity contribution in [3.63, 3.8) is 0 Å². The molecule has 0 unspecified atom stereocenters. The Morgan fingerprint density at radius 2 is 2.03 bits per heavy atom. The van der Waals surface area contributed by atoms with Crippen LogP contribution in [0.5, 0.6) is 5.75 Å². The molecule has 3 rings (SSSR count). The molecule has 0 fully saturated rings. The molecule has 0 aliphatic heterocycles. The number of anilines is 1. The van der Waals surface area contributed by atoms with Gasteiger partial charge in [0.1, 0.15) is 17.9 Å². The summed E-state index contributed by atoms with van der Waals surface area (Å²) in [6.07, 6.45) is 7.38. The number of imidazole rings is 1. The molecule has 166 valence electrons. The van der Waals surface area contributed by atoms with Gasteiger partial charge in [0.2, 0.25) is 5.95 Å². The molecular weight excluding hydrogens is 388 g/mol. The van der Waals surface area contributed by atoms with E-state index in [1.165, 1.54) is 5.56 Å². The lowest BCUT2D eigenvalue weighted by Crippen LogP contribution is -2.26. The van der Waals surface area contributed by atoms with E-state index in [4.69, 9.17) is 9.72 Å². The highest BCUT2D eigenvalue weighted by Crippen LogP contribution is 2.19. The highest BCUT2D eigenvalue weighted by Gasteiger charge is 2.12. The van der Waals surface area contributed by atoms with Crippen LogP contribution in [0.1, 0.15) is 44.4 Å². The lowest BCUT2D eigenvalue weighted by atomic mass is 10.1. The monoisotopic (exact) mass is 422 g/mol. The topological polar surface area (TPSA) is 68.1 Å². The summed E-state index contributed by atoms with van der Waals surface area (Å²) in [7, 11) is 2.09. The molecule has 2 heterocycles. The number of nitrogens with zero attached hydrogens (tertiary/aromatic N) is 5. The molecule has 0 radical (unpaired) electrons. The van der Waals surface area contributed by atoms with Crippen molar-refractivity contribution in [2.45, 2.75) is 39.5 Å². The van der Waals surface area contributed by atoms with E-state index in [1.807, 2.05) is 23.8 Å². The summed E-state index contributed by atoms with van der Waals surface area (Å²) < 4.78 is 7.43. The first-order chi connectivity index (χ1) is 15.1. The third-order valence-electron chi connectivity index (χ3n) is 5.09. The summed E-state index contributed by atoms with van der Waals surface area (Å²) >= 11 is 0. The lowest BCUT2D eigenvalue weighted by molar-refractivity contribution is 0.340. The maximum Gasteiger partial charge on any atom is 0.237 e. The van der Waals surface area contributed by atoms with Gasteiger partial charge < -0.3 is 15.0 Å². The van der Waals surface area contributed by atoms with E-state index in [9.17, 15) is 0 Å². The van der Waals surface area contributed by atoms with Crippen molar-refractivity contribution < 1.29 is 4.74 Å². The maximum absolute atomic E-state index is 5.57. The fourth-order valence-corrected chi connectivity index (χ4v) is 3.29. The molecule has 0 aliphatic rings. The third kappa shape index (κ3) is 6.79. The summed E-state index contributed by atoms with van der Waals surface area (Å²) in [6, 6.07) is 10.4. The van der Waals surface area contributed by atoms with Gasteiger partial charge in [-0.2, -0.15) is 4.98 Å². The highest BCUT2D eigenvalue weighted by atomic mass is 16.5. The number of benzene rings is 1. The van der Waals surface area contributed by atoms with Gasteiger partial charge in [-0.05, 0) is 56.5 Å². The van der Waals surface area contributed by atoms with E-state index in [1.54, 1.807) is 12.5 Å². The van der Waals surface area contributed by atoms with E-state index in [0.717, 1.165) is 49.7 Å². The van der Waals surface area contributed by atoms with Crippen LogP contribution < -0.4 is 15.0 Å². The zero-order valence-corrected chi connectivity index (χ0v) is 19.1. The Kier molecular flexibility index (Phi) is 8.41. The Bertz CT molecular complexity index is 926. The Morgan fingerprint density at radius 3 is 2.77 bits per heavy atom. The Morgan fingerprint density at radius 1 is 1.16 bits per heavy atom. The first-order valence-electron chi connectivity index (χ1n) is 11.1. The first kappa shape index (κ1) is 22.7. The van der Waals surface area contributed by atoms with Gasteiger partial charge in [0.05, 0.1) is 12.3 Å². The van der Waals surface area contributed by atoms with E-state index in [0.29, 0.717) is 18.5 Å². The zero-order chi connectivity index (χ0) is 22.1. The number of hydrogen-bond donors (Lipinski definition) is 1. The molecule has 0 saturated heterocycles. The van der Waals surface area contributed by atoms with Gasteiger partial charge in [-0.25, -0.2) is 9.97 Å². The molecule has 0 saturated carbocycles. The molecule has 2 aromatic heterocycles. The summed E-state index contributed by atoms with van der Waals surface area (Å²) in [5.41, 5.74) is 2.33. The average molecular weight is 423 g/mol. The van der Waals surface area contributed by atoms with Crippen molar-refractivity contribution in [2.75, 3.05) is 38.2 Å². The van der Waals surface area contributed by atoms with E-state index in [2.05, 4.69) is 65.3 Å². The van der Waals surface area contributed by atoms with Gasteiger partial charge in [0.15, 0.2) is 0 Å². The molecule has 7 nitrogen and oxygen atoms in total. The van der Waals surface area contributed by atoms with Crippen LogP contribution in [0.3, 0.4) is 0 Å². The van der Waals surface area contributed by atoms with Crippen LogP contribution in [-0.2, 0) is 6.42 Å². The second kappa shape index (κ2) is 11.5. The molecular formula is C24H34N6O. The van der Waals surface area contributed by atoms with Crippen molar-refractivity contribution in [3.05, 3.63) is 60.3 Å². The molecule has 0 aliphatic carbocycles. The first-order valence-corrected chi connectivity index (χ1v) is 11.1. The summed E-state index contributed by atoms with van der Waals surface area (Å²) in [5, 5.41) is 3.54. The molecule has 0 spiro atoms. The van der Waals surface area contributed by atoms with Crippen molar-refractivity contribution in [3.8, 4) is 11.7 Å². The number of rotatable bonds is 12. The zero-order valence-electron chi connectivity index (χ0n) is 19.1. The molecule has 0 amide bonds. The standard InChI is InChI=1S/C24H34N6O/c1-5-31-21-9-6-8-20(16-21)10-12-25-11-7-14-29(4)23-17-22(19(2)3)27-24(28-23)30-15-13-26-18-30/h6,8-9,13,15-19,25H,5,7,10-12,14H2,1-4H3. The van der Waals surface area contributed by atoms with E-state index in [-0.39, 0.29) is 0 Å². The SMILES string of the molecule is CCOc1cccc(CCNCCCN(C)c2cc(C(C)C)nc(-n3ccnc3)n2)c1. The van der Waals surface area contributed by atoms with Crippen LogP contribution in [0.15, 0.2) is 49.1 Å². The number of aromatic nitrogens is 4. The minimum Gasteiger partial charge on any atom is -0.494 e. The predicted octanol–water partition coefficient (Wildman–Crippen LogP) is 3.84. The second-order valence-corrected chi connectivity index (χ2v) is 7.93. The molecule has 31 heavy (non-hydrogen) atoms. The average Bonchev–Trinajstić information content (AvgIpc) is 3.31. The second-order valence-electron chi connectivity index (χ2n) is 7.93. The van der Waals surface area contributed by atoms with E-state index >= 15 is 0 Å². The fourth-order valence-electron chi connectivity index (χ4n) is 3.29. The molecule has 3 aromatic rings. The Balaban J connectivity index is 1.47. The third-order valence-corrected chi connectivity index (χ3v) is 5.09. The van der Waals surface area contributed by atoms with Gasteiger partial charge in [-0.15, -0.1) is 0 Å². The molecule has 0 bridgehead atoms. The van der Waals surface area contributed by atoms with Crippen LogP contribution in [0.25, 0.3) is 5.95 Å². The molecule has 1 N–H and O–H groups in total. The minimum atomic E-state index is 0.334. The number of nitrogens with one attached hydrogen (secondary N) is 1. The predicted molar refractivity (Wildman–Crippen MR) is 125 cm³/mol. The summed E-state index contributed by atoms with van der Waals surface area (Å²) in [4.78, 5) is 15.7. The van der Waals surface area contributed by atoms with Crippen LogP contribution in [0, 0.1) is 0 Å². The molecule has 7 heteroatoms. The minimum absolute atomic E-state index is 0.334. The van der Waals surface area contributed by atoms with E-state index < -0.39 is 0 Å². The Hall–Kier alpha value is -2.93. The maximum atomic E-state index is 5.57. The smallest absolute Gasteiger partial charge is 0.237 e. The summed E-state index contributed by atoms with van der Waals surface area (Å²) in [5.74, 6) is 2.88. The van der Waals surface area contributed by atoms with Crippen LogP contribution in [0.4, 0.5) is 5.82 Å². The molecule has 0 atom stereocenters. The van der Waals surface area contributed by atoms with Gasteiger partial charge in [-0.1, -0.05) is 26.0 Å². The largest absolute Gasteiger partial charge is 0.494 e. The normalized spacial score (nSPS) is 11.1. The fraction of sp³-hybridized carbons (Fsp3) is 0.458. The summed E-state index contributed by atoms with van der Waals surface area (Å²) in [6.45, 7) is 9.85. The van der Waals surface area contributed by atoms with Crippen molar-refractivity contribution in [1.82, 2.24) is 24.8 Å². The van der Waals surface area contributed by atoms with Crippen molar-refractivity contribution >= 4 is 5.82 Å². The van der Waals surface area contributed by atoms with Gasteiger partial charge >= 0.3 is 0 Å². The van der Waals surface area contributed by atoms with Gasteiger partial charge in [-0.3, -0.25) is 4.57 Å². The van der Waals surface area contributed by atoms with Gasteiger partial charge in [0, 0.05) is 32.1 Å². The van der Waals surface area contributed by atoms with Crippen LogP contribution in [-0.4, -0.2) is 52.8 Å². The lowest BCUT2D eigenvalue weighted by Gasteiger charge is -2.20. The number of hydrogen-bond acceptors (Lipinski definition) is 6. The Labute approximate surface area is 185 Å². The van der Waals surface area contributed by atoms with Crippen molar-refractivity contribution in [1.29, 1.82) is 0 Å². The van der Waals surface area contributed by atoms with Crippen LogP contribution in [0.2, 0.25) is 0 Å². The van der Waals surface area contributed by atoms with Crippen LogP contribution >= 0.6 is 0 Å². The highest BCUT2D eigenvalue weighted by molar-refractivity contribution is 5.42. The van der Waals surface area contributed by atoms with Gasteiger partial charge in [0.25, 0.3) is 0 Å². The molecule has 1 aromatic carbocycles.